The van der Waals surface area contributed by atoms with Crippen LogP contribution >= 0.6 is 0 Å². The van der Waals surface area contributed by atoms with Crippen LogP contribution < -0.4 is 11.1 Å². The van der Waals surface area contributed by atoms with Crippen LogP contribution in [0.2, 0.25) is 0 Å². The van der Waals surface area contributed by atoms with Gasteiger partial charge in [-0.1, -0.05) is 13.3 Å². The van der Waals surface area contributed by atoms with Crippen molar-refractivity contribution in [2.24, 2.45) is 5.92 Å². The molecule has 0 unspecified atom stereocenters. The highest BCUT2D eigenvalue weighted by atomic mass is 19.1. The minimum absolute atomic E-state index is 0.0477. The van der Waals surface area contributed by atoms with Crippen LogP contribution in [-0.2, 0) is 4.79 Å². The molecule has 0 saturated carbocycles. The van der Waals surface area contributed by atoms with Gasteiger partial charge in [0.15, 0.2) is 0 Å². The van der Waals surface area contributed by atoms with Gasteiger partial charge in [-0.3, -0.25) is 9.69 Å². The van der Waals surface area contributed by atoms with E-state index >= 15 is 0 Å². The molecule has 3 N–H and O–H groups in total. The third kappa shape index (κ3) is 3.93. The molecule has 0 bridgehead atoms. The molecule has 110 valence electrons. The zero-order valence-electron chi connectivity index (χ0n) is 11.9. The van der Waals surface area contributed by atoms with Crippen molar-refractivity contribution in [3.05, 3.63) is 24.0 Å². The van der Waals surface area contributed by atoms with Crippen LogP contribution in [0.3, 0.4) is 0 Å². The van der Waals surface area contributed by atoms with Gasteiger partial charge in [0, 0.05) is 5.69 Å². The molecule has 1 aromatic carbocycles. The Morgan fingerprint density at radius 3 is 2.75 bits per heavy atom. The summed E-state index contributed by atoms with van der Waals surface area (Å²) in [6, 6.07) is 4.22. The SMILES string of the molecule is CCC1CCN(CC(=O)Nc2ccc(F)c(N)c2)CC1. The Morgan fingerprint density at radius 2 is 2.15 bits per heavy atom. The molecule has 20 heavy (non-hydrogen) atoms. The first-order valence-corrected chi connectivity index (χ1v) is 7.15. The Morgan fingerprint density at radius 1 is 1.45 bits per heavy atom. The van der Waals surface area contributed by atoms with Gasteiger partial charge in [0.25, 0.3) is 0 Å². The van der Waals surface area contributed by atoms with Crippen molar-refractivity contribution >= 4 is 17.3 Å². The Balaban J connectivity index is 1.82. The zero-order chi connectivity index (χ0) is 14.5. The number of hydrogen-bond donors (Lipinski definition) is 2. The van der Waals surface area contributed by atoms with E-state index in [1.807, 2.05) is 0 Å². The van der Waals surface area contributed by atoms with Crippen LogP contribution in [-0.4, -0.2) is 30.4 Å². The Bertz CT molecular complexity index is 470. The molecule has 1 aromatic rings. The molecule has 0 atom stereocenters. The molecule has 1 heterocycles. The van der Waals surface area contributed by atoms with Gasteiger partial charge in [0.05, 0.1) is 12.2 Å². The maximum Gasteiger partial charge on any atom is 0.238 e. The number of nitrogen functional groups attached to an aromatic ring is 1. The molecular formula is C15H22FN3O. The van der Waals surface area contributed by atoms with E-state index in [1.54, 1.807) is 0 Å². The number of rotatable bonds is 4. The van der Waals surface area contributed by atoms with E-state index in [2.05, 4.69) is 17.1 Å². The molecule has 1 amide bonds. The summed E-state index contributed by atoms with van der Waals surface area (Å²) in [5, 5.41) is 2.76. The second-order valence-corrected chi connectivity index (χ2v) is 5.41. The monoisotopic (exact) mass is 279 g/mol. The molecule has 1 aliphatic heterocycles. The summed E-state index contributed by atoms with van der Waals surface area (Å²) in [6.45, 7) is 4.54. The standard InChI is InChI=1S/C15H22FN3O/c1-2-11-5-7-19(8-6-11)10-15(20)18-12-3-4-13(16)14(17)9-12/h3-4,9,11H,2,5-8,10,17H2,1H3,(H,18,20). The topological polar surface area (TPSA) is 58.4 Å². The number of carbonyl (C=O) groups excluding carboxylic acids is 1. The molecule has 0 aromatic heterocycles. The number of halogens is 1. The summed E-state index contributed by atoms with van der Waals surface area (Å²) in [4.78, 5) is 14.1. The van der Waals surface area contributed by atoms with Crippen LogP contribution in [0.1, 0.15) is 26.2 Å². The van der Waals surface area contributed by atoms with E-state index in [1.165, 1.54) is 24.6 Å². The number of nitrogens with two attached hydrogens (primary N) is 1. The molecule has 2 rings (SSSR count). The van der Waals surface area contributed by atoms with Crippen molar-refractivity contribution in [2.45, 2.75) is 26.2 Å². The van der Waals surface area contributed by atoms with E-state index in [9.17, 15) is 9.18 Å². The van der Waals surface area contributed by atoms with E-state index in [0.29, 0.717) is 12.2 Å². The van der Waals surface area contributed by atoms with Crippen molar-refractivity contribution in [1.29, 1.82) is 0 Å². The molecule has 1 aliphatic rings. The Labute approximate surface area is 119 Å². The highest BCUT2D eigenvalue weighted by Gasteiger charge is 2.19. The maximum atomic E-state index is 13.0. The van der Waals surface area contributed by atoms with Gasteiger partial charge < -0.3 is 11.1 Å². The average Bonchev–Trinajstić information content (AvgIpc) is 2.44. The smallest absolute Gasteiger partial charge is 0.238 e. The normalized spacial score (nSPS) is 17.1. The summed E-state index contributed by atoms with van der Waals surface area (Å²) in [7, 11) is 0. The first kappa shape index (κ1) is 14.8. The number of hydrogen-bond acceptors (Lipinski definition) is 3. The van der Waals surface area contributed by atoms with Crippen LogP contribution in [0.25, 0.3) is 0 Å². The van der Waals surface area contributed by atoms with Gasteiger partial charge in [-0.05, 0) is 50.0 Å². The zero-order valence-corrected chi connectivity index (χ0v) is 11.9. The highest BCUT2D eigenvalue weighted by molar-refractivity contribution is 5.92. The molecule has 5 heteroatoms. The van der Waals surface area contributed by atoms with E-state index in [0.717, 1.165) is 31.8 Å². The Kier molecular flexibility index (Phi) is 4.95. The number of carbonyl (C=O) groups is 1. The number of nitrogens with one attached hydrogen (secondary N) is 1. The van der Waals surface area contributed by atoms with Gasteiger partial charge >= 0.3 is 0 Å². The third-order valence-corrected chi connectivity index (χ3v) is 3.93. The lowest BCUT2D eigenvalue weighted by atomic mass is 9.94. The fourth-order valence-electron chi connectivity index (χ4n) is 2.58. The second kappa shape index (κ2) is 6.70. The summed E-state index contributed by atoms with van der Waals surface area (Å²) in [6.07, 6.45) is 3.54. The molecule has 4 nitrogen and oxygen atoms in total. The fourth-order valence-corrected chi connectivity index (χ4v) is 2.58. The lowest BCUT2D eigenvalue weighted by molar-refractivity contribution is -0.117. The number of likely N-dealkylation sites (tertiary alicyclic amines) is 1. The van der Waals surface area contributed by atoms with Crippen LogP contribution in [0, 0.1) is 11.7 Å². The fraction of sp³-hybridized carbons (Fsp3) is 0.533. The van der Waals surface area contributed by atoms with Crippen molar-refractivity contribution in [2.75, 3.05) is 30.7 Å². The average molecular weight is 279 g/mol. The molecule has 0 spiro atoms. The van der Waals surface area contributed by atoms with Gasteiger partial charge in [-0.15, -0.1) is 0 Å². The molecule has 0 aliphatic carbocycles. The van der Waals surface area contributed by atoms with Gasteiger partial charge in [0.2, 0.25) is 5.91 Å². The van der Waals surface area contributed by atoms with E-state index in [4.69, 9.17) is 5.73 Å². The first-order chi connectivity index (χ1) is 9.58. The second-order valence-electron chi connectivity index (χ2n) is 5.41. The summed E-state index contributed by atoms with van der Waals surface area (Å²) in [5.41, 5.74) is 6.06. The van der Waals surface area contributed by atoms with Crippen LogP contribution in [0.5, 0.6) is 0 Å². The number of anilines is 2. The Hall–Kier alpha value is -1.62. The van der Waals surface area contributed by atoms with Crippen molar-refractivity contribution in [3.63, 3.8) is 0 Å². The van der Waals surface area contributed by atoms with Crippen molar-refractivity contribution in [1.82, 2.24) is 4.90 Å². The van der Waals surface area contributed by atoms with E-state index < -0.39 is 5.82 Å². The summed E-state index contributed by atoms with van der Waals surface area (Å²) < 4.78 is 13.0. The minimum atomic E-state index is -0.468. The molecular weight excluding hydrogens is 257 g/mol. The lowest BCUT2D eigenvalue weighted by Gasteiger charge is -2.30. The van der Waals surface area contributed by atoms with Crippen LogP contribution in [0.4, 0.5) is 15.8 Å². The number of benzene rings is 1. The summed E-state index contributed by atoms with van der Waals surface area (Å²) >= 11 is 0. The molecule has 1 fully saturated rings. The highest BCUT2D eigenvalue weighted by Crippen LogP contribution is 2.20. The molecule has 1 saturated heterocycles. The number of nitrogens with zero attached hydrogens (tertiary/aromatic N) is 1. The minimum Gasteiger partial charge on any atom is -0.396 e. The predicted octanol–water partition coefficient (Wildman–Crippen LogP) is 2.47. The van der Waals surface area contributed by atoms with Crippen LogP contribution in [0.15, 0.2) is 18.2 Å². The van der Waals surface area contributed by atoms with E-state index in [-0.39, 0.29) is 11.6 Å². The van der Waals surface area contributed by atoms with Gasteiger partial charge in [0.1, 0.15) is 5.82 Å². The molecule has 0 radical (unpaired) electrons. The van der Waals surface area contributed by atoms with Gasteiger partial charge in [-0.2, -0.15) is 0 Å². The predicted molar refractivity (Wildman–Crippen MR) is 78.9 cm³/mol. The number of piperidine rings is 1. The summed E-state index contributed by atoms with van der Waals surface area (Å²) in [5.74, 6) is 0.252. The lowest BCUT2D eigenvalue weighted by Crippen LogP contribution is -2.39. The number of amides is 1. The van der Waals surface area contributed by atoms with Crippen molar-refractivity contribution < 1.29 is 9.18 Å². The third-order valence-electron chi connectivity index (χ3n) is 3.93. The van der Waals surface area contributed by atoms with Crippen molar-refractivity contribution in [3.8, 4) is 0 Å². The van der Waals surface area contributed by atoms with Gasteiger partial charge in [-0.25, -0.2) is 4.39 Å². The maximum absolute atomic E-state index is 13.0. The largest absolute Gasteiger partial charge is 0.396 e. The first-order valence-electron chi connectivity index (χ1n) is 7.15. The quantitative estimate of drug-likeness (QED) is 0.832.